The largest absolute Gasteiger partial charge is 0.274 e. The number of imide groups is 4. The summed E-state index contributed by atoms with van der Waals surface area (Å²) in [7, 11) is 0. The Labute approximate surface area is 403 Å². The molecule has 6 aromatic rings. The molecule has 0 aliphatic carbocycles. The fourth-order valence-electron chi connectivity index (χ4n) is 9.70. The zero-order chi connectivity index (χ0) is 48.8. The van der Waals surface area contributed by atoms with Crippen LogP contribution >= 0.6 is 0 Å². The third-order valence-corrected chi connectivity index (χ3v) is 13.2. The fraction of sp³-hybridized carbons (Fsp3) is 0.207. The number of para-hydroxylation sites is 2. The molecule has 0 spiro atoms. The van der Waals surface area contributed by atoms with Crippen molar-refractivity contribution in [3.05, 3.63) is 176 Å². The van der Waals surface area contributed by atoms with Gasteiger partial charge in [0.05, 0.1) is 44.8 Å². The zero-order valence-electron chi connectivity index (χ0n) is 38.5. The molecule has 10 rings (SSSR count). The van der Waals surface area contributed by atoms with E-state index in [-0.39, 0.29) is 79.5 Å². The summed E-state index contributed by atoms with van der Waals surface area (Å²) < 4.78 is 0. The number of nitrogens with zero attached hydrogens (tertiary/aromatic N) is 4. The number of carbonyl (C=O) groups excluding carboxylic acids is 8. The number of amides is 8. The van der Waals surface area contributed by atoms with E-state index in [9.17, 15) is 38.4 Å². The Morgan fingerprint density at radius 2 is 0.743 bits per heavy atom. The summed E-state index contributed by atoms with van der Waals surface area (Å²) >= 11 is 0. The summed E-state index contributed by atoms with van der Waals surface area (Å²) in [6.45, 7) is 4.34. The van der Waals surface area contributed by atoms with E-state index in [1.54, 1.807) is 72.8 Å². The van der Waals surface area contributed by atoms with Crippen LogP contribution in [0.4, 0.5) is 11.4 Å². The number of hydrogen-bond donors (Lipinski definition) is 0. The highest BCUT2D eigenvalue weighted by Crippen LogP contribution is 2.42. The smallest absolute Gasteiger partial charge is 0.266 e. The molecule has 4 heterocycles. The summed E-state index contributed by atoms with van der Waals surface area (Å²) in [4.78, 5) is 118. The van der Waals surface area contributed by atoms with Gasteiger partial charge in [-0.25, -0.2) is 9.80 Å². The van der Waals surface area contributed by atoms with Crippen molar-refractivity contribution >= 4 is 69.4 Å². The zero-order valence-corrected chi connectivity index (χ0v) is 38.5. The van der Waals surface area contributed by atoms with Gasteiger partial charge in [0, 0.05) is 57.2 Å². The number of carbonyl (C=O) groups is 8. The molecule has 8 amide bonds. The Morgan fingerprint density at radius 1 is 0.357 bits per heavy atom. The highest BCUT2D eigenvalue weighted by atomic mass is 16.2. The average Bonchev–Trinajstić information content (AvgIpc) is 3.78. The molecule has 12 heteroatoms. The van der Waals surface area contributed by atoms with Crippen LogP contribution in [0.25, 0.3) is 10.8 Å². The molecule has 0 N–H and O–H groups in total. The van der Waals surface area contributed by atoms with E-state index in [2.05, 4.69) is 37.5 Å². The van der Waals surface area contributed by atoms with Crippen LogP contribution in [0.5, 0.6) is 0 Å². The van der Waals surface area contributed by atoms with Crippen LogP contribution in [0.3, 0.4) is 0 Å². The monoisotopic (exact) mass is 924 g/mol. The fourth-order valence-corrected chi connectivity index (χ4v) is 9.70. The number of hydrogen-bond acceptors (Lipinski definition) is 8. The molecule has 0 bridgehead atoms. The van der Waals surface area contributed by atoms with Crippen molar-refractivity contribution in [2.24, 2.45) is 0 Å². The second-order valence-electron chi connectivity index (χ2n) is 17.7. The van der Waals surface area contributed by atoms with Crippen molar-refractivity contribution in [3.8, 4) is 23.7 Å². The van der Waals surface area contributed by atoms with Gasteiger partial charge in [-0.1, -0.05) is 112 Å². The summed E-state index contributed by atoms with van der Waals surface area (Å²) in [6, 6.07) is 29.6. The van der Waals surface area contributed by atoms with Gasteiger partial charge in [0.1, 0.15) is 0 Å². The van der Waals surface area contributed by atoms with Crippen molar-refractivity contribution in [2.45, 2.75) is 65.2 Å². The van der Waals surface area contributed by atoms with Crippen LogP contribution < -0.4 is 9.80 Å². The maximum atomic E-state index is 14.8. The number of rotatable bonds is 12. The Hall–Kier alpha value is -8.74. The lowest BCUT2D eigenvalue weighted by atomic mass is 9.81. The molecule has 12 nitrogen and oxygen atoms in total. The summed E-state index contributed by atoms with van der Waals surface area (Å²) in [6.07, 6.45) is 6.29. The van der Waals surface area contributed by atoms with Gasteiger partial charge in [-0.2, -0.15) is 0 Å². The van der Waals surface area contributed by atoms with Gasteiger partial charge in [0.2, 0.25) is 0 Å². The minimum absolute atomic E-state index is 0.0570. The predicted molar refractivity (Wildman–Crippen MR) is 263 cm³/mol. The van der Waals surface area contributed by atoms with Crippen molar-refractivity contribution in [1.82, 2.24) is 9.80 Å². The van der Waals surface area contributed by atoms with E-state index < -0.39 is 47.3 Å². The van der Waals surface area contributed by atoms with Crippen LogP contribution in [-0.4, -0.2) is 70.1 Å². The van der Waals surface area contributed by atoms with Crippen LogP contribution in [0.15, 0.2) is 109 Å². The van der Waals surface area contributed by atoms with Crippen LogP contribution in [0, 0.1) is 23.7 Å². The molecule has 0 fully saturated rings. The van der Waals surface area contributed by atoms with Gasteiger partial charge in [-0.05, 0) is 85.6 Å². The van der Waals surface area contributed by atoms with Gasteiger partial charge < -0.3 is 0 Å². The number of benzene rings is 6. The van der Waals surface area contributed by atoms with Crippen molar-refractivity contribution in [1.29, 1.82) is 0 Å². The summed E-state index contributed by atoms with van der Waals surface area (Å²) in [5, 5.41) is 0.260. The van der Waals surface area contributed by atoms with Gasteiger partial charge in [0.15, 0.2) is 0 Å². The molecule has 4 aliphatic rings. The molecule has 4 aliphatic heterocycles. The third-order valence-electron chi connectivity index (χ3n) is 13.2. The Morgan fingerprint density at radius 3 is 1.13 bits per heavy atom. The lowest BCUT2D eigenvalue weighted by Gasteiger charge is -2.33. The van der Waals surface area contributed by atoms with Crippen molar-refractivity contribution in [3.63, 3.8) is 0 Å². The molecule has 0 atom stereocenters. The molecule has 0 radical (unpaired) electrons. The quantitative estimate of drug-likeness (QED) is 0.0670. The lowest BCUT2D eigenvalue weighted by Crippen LogP contribution is -2.44. The van der Waals surface area contributed by atoms with Gasteiger partial charge in [-0.3, -0.25) is 48.2 Å². The third kappa shape index (κ3) is 7.55. The maximum absolute atomic E-state index is 14.8. The van der Waals surface area contributed by atoms with Gasteiger partial charge >= 0.3 is 0 Å². The van der Waals surface area contributed by atoms with Crippen molar-refractivity contribution < 1.29 is 38.4 Å². The van der Waals surface area contributed by atoms with Crippen LogP contribution in [0.1, 0.15) is 170 Å². The molecule has 6 aromatic carbocycles. The number of anilines is 2. The first-order valence-electron chi connectivity index (χ1n) is 23.6. The molecule has 0 unspecified atom stereocenters. The molecular formula is C58H44N4O8. The van der Waals surface area contributed by atoms with E-state index in [0.29, 0.717) is 35.3 Å². The second-order valence-corrected chi connectivity index (χ2v) is 17.7. The first-order valence-corrected chi connectivity index (χ1v) is 23.6. The first-order chi connectivity index (χ1) is 34.0. The maximum Gasteiger partial charge on any atom is 0.266 e. The first kappa shape index (κ1) is 45.1. The highest BCUT2D eigenvalue weighted by molar-refractivity contribution is 6.36. The summed E-state index contributed by atoms with van der Waals surface area (Å²) in [5.41, 5.74) is 2.91. The standard InChI is InChI=1S/C58H44N4O8/c1-3-5-7-15-29-59-51(63)45-33-38(26-22-36-24-28-42-44(32-36)56(68)62(54(42)66)40-19-13-10-14-20-40)48-50-46(52(64)60(58(48)70)30-16-8-6-4-2)34-37(47(49(45)50)57(59)69)25-21-35-23-27-41-43(31-35)55(67)61(53(41)65)39-17-11-9-12-18-39/h9-14,17-20,23-24,27-28,31-34H,3-8,15-16,29-30H2,1-2H3. The Balaban J connectivity index is 1.12. The minimum atomic E-state index is -0.619. The van der Waals surface area contributed by atoms with Gasteiger partial charge in [0.25, 0.3) is 47.3 Å². The molecule has 0 saturated heterocycles. The molecule has 0 aromatic heterocycles. The lowest BCUT2D eigenvalue weighted by molar-refractivity contribution is 0.0585. The Bertz CT molecular complexity index is 3220. The summed E-state index contributed by atoms with van der Waals surface area (Å²) in [5.74, 6) is 7.97. The highest BCUT2D eigenvalue weighted by Gasteiger charge is 2.43. The average molecular weight is 925 g/mol. The normalized spacial score (nSPS) is 14.6. The molecular weight excluding hydrogens is 881 g/mol. The van der Waals surface area contributed by atoms with E-state index in [1.807, 2.05) is 0 Å². The minimum Gasteiger partial charge on any atom is -0.274 e. The molecule has 70 heavy (non-hydrogen) atoms. The van der Waals surface area contributed by atoms with E-state index in [0.717, 1.165) is 48.3 Å². The number of unbranched alkanes of at least 4 members (excludes halogenated alkanes) is 6. The van der Waals surface area contributed by atoms with Crippen molar-refractivity contribution in [2.75, 3.05) is 22.9 Å². The van der Waals surface area contributed by atoms with Gasteiger partial charge in [-0.15, -0.1) is 0 Å². The van der Waals surface area contributed by atoms with E-state index in [4.69, 9.17) is 0 Å². The molecule has 0 saturated carbocycles. The molecule has 344 valence electrons. The topological polar surface area (TPSA) is 150 Å². The second kappa shape index (κ2) is 18.4. The van der Waals surface area contributed by atoms with E-state index >= 15 is 0 Å². The number of fused-ring (bicyclic) bond motifs is 2. The van der Waals surface area contributed by atoms with Crippen LogP contribution in [-0.2, 0) is 0 Å². The Kier molecular flexibility index (Phi) is 11.8. The van der Waals surface area contributed by atoms with Crippen LogP contribution in [0.2, 0.25) is 0 Å². The predicted octanol–water partition coefficient (Wildman–Crippen LogP) is 9.59. The SMILES string of the molecule is CCCCCCN1C(=O)c2cc(C#Cc3ccc4c(c3)C(=O)N(c3ccccc3)C4=O)c3c4c(cc(C#Cc5ccc6c(c5)C(=O)N(c5ccccc5)C6=O)c(c24)C1=O)C(=O)N(CCCCCC)C3=O. The van der Waals surface area contributed by atoms with E-state index in [1.165, 1.54) is 46.2 Å².